The van der Waals surface area contributed by atoms with Gasteiger partial charge in [-0.15, -0.1) is 0 Å². The minimum atomic E-state index is 0.407. The van der Waals surface area contributed by atoms with Crippen LogP contribution in [0, 0.1) is 5.92 Å². The van der Waals surface area contributed by atoms with Gasteiger partial charge in [0.05, 0.1) is 17.2 Å². The van der Waals surface area contributed by atoms with E-state index in [2.05, 4.69) is 15.3 Å². The van der Waals surface area contributed by atoms with Gasteiger partial charge in [-0.3, -0.25) is 4.98 Å². The summed E-state index contributed by atoms with van der Waals surface area (Å²) in [7, 11) is 0. The highest BCUT2D eigenvalue weighted by atomic mass is 15.0. The van der Waals surface area contributed by atoms with Crippen molar-refractivity contribution >= 4 is 16.9 Å². The molecule has 0 unspecified atom stereocenters. The highest BCUT2D eigenvalue weighted by Crippen LogP contribution is 2.25. The summed E-state index contributed by atoms with van der Waals surface area (Å²) in [4.78, 5) is 8.89. The Morgan fingerprint density at radius 3 is 2.76 bits per heavy atom. The van der Waals surface area contributed by atoms with Gasteiger partial charge in [-0.2, -0.15) is 0 Å². The lowest BCUT2D eigenvalue weighted by molar-refractivity contribution is 0.280. The van der Waals surface area contributed by atoms with Gasteiger partial charge in [-0.25, -0.2) is 4.98 Å². The van der Waals surface area contributed by atoms with E-state index in [4.69, 9.17) is 5.73 Å². The van der Waals surface area contributed by atoms with E-state index in [1.165, 1.54) is 0 Å². The van der Waals surface area contributed by atoms with Crippen LogP contribution in [0.5, 0.6) is 0 Å². The summed E-state index contributed by atoms with van der Waals surface area (Å²) in [6, 6.07) is 8.31. The molecule has 1 aromatic carbocycles. The summed E-state index contributed by atoms with van der Waals surface area (Å²) < 4.78 is 0. The van der Waals surface area contributed by atoms with Gasteiger partial charge in [0.2, 0.25) is 0 Å². The average molecular weight is 228 g/mol. The first-order valence-electron chi connectivity index (χ1n) is 6.02. The monoisotopic (exact) mass is 228 g/mol. The van der Waals surface area contributed by atoms with Crippen molar-refractivity contribution in [2.45, 2.75) is 18.9 Å². The fourth-order valence-corrected chi connectivity index (χ4v) is 2.25. The molecule has 0 radical (unpaired) electrons. The van der Waals surface area contributed by atoms with Gasteiger partial charge >= 0.3 is 0 Å². The lowest BCUT2D eigenvalue weighted by Crippen LogP contribution is -2.39. The lowest BCUT2D eigenvalue weighted by Gasteiger charge is -2.32. The molecule has 0 bridgehead atoms. The van der Waals surface area contributed by atoms with E-state index < -0.39 is 0 Å². The van der Waals surface area contributed by atoms with Crippen molar-refractivity contribution in [3.05, 3.63) is 30.5 Å². The number of benzene rings is 1. The Morgan fingerprint density at radius 2 is 2.00 bits per heavy atom. The van der Waals surface area contributed by atoms with Gasteiger partial charge in [0.25, 0.3) is 0 Å². The second-order valence-electron chi connectivity index (χ2n) is 4.72. The Bertz CT molecular complexity index is 520. The van der Waals surface area contributed by atoms with Crippen molar-refractivity contribution in [2.24, 2.45) is 11.7 Å². The summed E-state index contributed by atoms with van der Waals surface area (Å²) in [5.74, 6) is 1.54. The number of anilines is 1. The SMILES string of the molecule is NC1CC(CNc2cnc3ccccc3n2)C1. The second kappa shape index (κ2) is 4.30. The number of nitrogens with one attached hydrogen (secondary N) is 1. The maximum absolute atomic E-state index is 5.76. The molecule has 88 valence electrons. The highest BCUT2D eigenvalue weighted by Gasteiger charge is 2.25. The molecule has 1 aliphatic rings. The number of nitrogens with zero attached hydrogens (tertiary/aromatic N) is 2. The van der Waals surface area contributed by atoms with Crippen molar-refractivity contribution < 1.29 is 0 Å². The van der Waals surface area contributed by atoms with Crippen molar-refractivity contribution in [2.75, 3.05) is 11.9 Å². The maximum Gasteiger partial charge on any atom is 0.145 e. The fraction of sp³-hybridized carbons (Fsp3) is 0.385. The third kappa shape index (κ3) is 2.22. The molecule has 3 N–H and O–H groups in total. The van der Waals surface area contributed by atoms with Crippen molar-refractivity contribution in [1.82, 2.24) is 9.97 Å². The van der Waals surface area contributed by atoms with Gasteiger partial charge < -0.3 is 11.1 Å². The molecule has 17 heavy (non-hydrogen) atoms. The molecule has 0 aliphatic heterocycles. The quantitative estimate of drug-likeness (QED) is 0.840. The third-order valence-corrected chi connectivity index (χ3v) is 3.29. The zero-order valence-electron chi connectivity index (χ0n) is 9.63. The molecule has 0 amide bonds. The van der Waals surface area contributed by atoms with Crippen LogP contribution in [0.25, 0.3) is 11.0 Å². The second-order valence-corrected chi connectivity index (χ2v) is 4.72. The number of para-hydroxylation sites is 2. The lowest BCUT2D eigenvalue weighted by atomic mass is 9.81. The molecular weight excluding hydrogens is 212 g/mol. The number of nitrogens with two attached hydrogens (primary N) is 1. The largest absolute Gasteiger partial charge is 0.368 e. The van der Waals surface area contributed by atoms with E-state index in [-0.39, 0.29) is 0 Å². The summed E-state index contributed by atoms with van der Waals surface area (Å²) >= 11 is 0. The average Bonchev–Trinajstić information content (AvgIpc) is 2.33. The normalized spacial score (nSPS) is 23.4. The predicted molar refractivity (Wildman–Crippen MR) is 68.7 cm³/mol. The van der Waals surface area contributed by atoms with Gasteiger partial charge in [0.1, 0.15) is 5.82 Å². The Kier molecular flexibility index (Phi) is 2.65. The van der Waals surface area contributed by atoms with E-state index in [1.807, 2.05) is 24.3 Å². The number of rotatable bonds is 3. The van der Waals surface area contributed by atoms with Crippen molar-refractivity contribution in [1.29, 1.82) is 0 Å². The molecule has 3 rings (SSSR count). The molecule has 1 fully saturated rings. The molecule has 1 aliphatic carbocycles. The molecule has 0 spiro atoms. The molecule has 4 nitrogen and oxygen atoms in total. The third-order valence-electron chi connectivity index (χ3n) is 3.29. The standard InChI is InChI=1S/C13H16N4/c14-10-5-9(6-10)7-16-13-8-15-11-3-1-2-4-12(11)17-13/h1-4,8-10H,5-7,14H2,(H,16,17). The van der Waals surface area contributed by atoms with Gasteiger partial charge in [-0.1, -0.05) is 12.1 Å². The van der Waals surface area contributed by atoms with Crippen LogP contribution in [0.2, 0.25) is 0 Å². The first-order chi connectivity index (χ1) is 8.31. The number of aromatic nitrogens is 2. The van der Waals surface area contributed by atoms with Gasteiger partial charge in [0, 0.05) is 12.6 Å². The summed E-state index contributed by atoms with van der Waals surface area (Å²) in [6.45, 7) is 0.945. The summed E-state index contributed by atoms with van der Waals surface area (Å²) in [5, 5.41) is 3.33. The smallest absolute Gasteiger partial charge is 0.145 e. The van der Waals surface area contributed by atoms with Crippen LogP contribution in [0.15, 0.2) is 30.5 Å². The number of hydrogen-bond donors (Lipinski definition) is 2. The van der Waals surface area contributed by atoms with Crippen molar-refractivity contribution in [3.63, 3.8) is 0 Å². The molecule has 1 aromatic heterocycles. The Balaban J connectivity index is 1.68. The van der Waals surface area contributed by atoms with Crippen LogP contribution >= 0.6 is 0 Å². The molecule has 1 saturated carbocycles. The van der Waals surface area contributed by atoms with E-state index >= 15 is 0 Å². The molecular formula is C13H16N4. The molecule has 0 saturated heterocycles. The van der Waals surface area contributed by atoms with E-state index in [0.29, 0.717) is 12.0 Å². The molecule has 2 aromatic rings. The van der Waals surface area contributed by atoms with Crippen LogP contribution in [-0.4, -0.2) is 22.6 Å². The summed E-state index contributed by atoms with van der Waals surface area (Å²) in [6.07, 6.45) is 4.03. The van der Waals surface area contributed by atoms with Crippen LogP contribution in [0.4, 0.5) is 5.82 Å². The van der Waals surface area contributed by atoms with Crippen LogP contribution in [0.1, 0.15) is 12.8 Å². The zero-order chi connectivity index (χ0) is 11.7. The topological polar surface area (TPSA) is 63.8 Å². The van der Waals surface area contributed by atoms with Crippen LogP contribution in [0.3, 0.4) is 0 Å². The minimum Gasteiger partial charge on any atom is -0.368 e. The van der Waals surface area contributed by atoms with E-state index in [9.17, 15) is 0 Å². The Hall–Kier alpha value is -1.68. The minimum absolute atomic E-state index is 0.407. The van der Waals surface area contributed by atoms with E-state index in [0.717, 1.165) is 36.2 Å². The van der Waals surface area contributed by atoms with Crippen molar-refractivity contribution in [3.8, 4) is 0 Å². The highest BCUT2D eigenvalue weighted by molar-refractivity contribution is 5.75. The zero-order valence-corrected chi connectivity index (χ0v) is 9.63. The molecule has 1 heterocycles. The number of hydrogen-bond acceptors (Lipinski definition) is 4. The first-order valence-corrected chi connectivity index (χ1v) is 6.02. The fourth-order valence-electron chi connectivity index (χ4n) is 2.25. The Morgan fingerprint density at radius 1 is 1.24 bits per heavy atom. The predicted octanol–water partition coefficient (Wildman–Crippen LogP) is 1.78. The van der Waals surface area contributed by atoms with E-state index in [1.54, 1.807) is 6.20 Å². The van der Waals surface area contributed by atoms with Gasteiger partial charge in [-0.05, 0) is 30.9 Å². The molecule has 4 heteroatoms. The first kappa shape index (κ1) is 10.5. The Labute approximate surface area is 100 Å². The molecule has 0 atom stereocenters. The summed E-state index contributed by atoms with van der Waals surface area (Å²) in [5.41, 5.74) is 7.62. The van der Waals surface area contributed by atoms with Crippen LogP contribution in [-0.2, 0) is 0 Å². The van der Waals surface area contributed by atoms with Crippen LogP contribution < -0.4 is 11.1 Å². The number of fused-ring (bicyclic) bond motifs is 1. The van der Waals surface area contributed by atoms with Gasteiger partial charge in [0.15, 0.2) is 0 Å². The maximum atomic E-state index is 5.76.